The van der Waals surface area contributed by atoms with Crippen LogP contribution in [0, 0.1) is 5.92 Å². The number of aromatic nitrogens is 3. The van der Waals surface area contributed by atoms with Crippen molar-refractivity contribution < 1.29 is 4.79 Å². The number of likely N-dealkylation sites (N-methyl/N-ethyl adjacent to an activating group) is 1. The van der Waals surface area contributed by atoms with Gasteiger partial charge < -0.3 is 4.90 Å². The second-order valence-electron chi connectivity index (χ2n) is 6.20. The molecular weight excluding hydrogens is 322 g/mol. The Morgan fingerprint density at radius 2 is 2.33 bits per heavy atom. The van der Waals surface area contributed by atoms with Gasteiger partial charge in [-0.05, 0) is 25.2 Å². The van der Waals surface area contributed by atoms with Gasteiger partial charge in [0.1, 0.15) is 0 Å². The highest BCUT2D eigenvalue weighted by Crippen LogP contribution is 2.33. The van der Waals surface area contributed by atoms with E-state index in [0.717, 1.165) is 24.5 Å². The summed E-state index contributed by atoms with van der Waals surface area (Å²) in [5.74, 6) is 0.760. The van der Waals surface area contributed by atoms with Crippen LogP contribution in [0.4, 0.5) is 9.93 Å². The Morgan fingerprint density at radius 3 is 3.08 bits per heavy atom. The summed E-state index contributed by atoms with van der Waals surface area (Å²) in [7, 11) is 1.78. The first-order valence-corrected chi connectivity index (χ1v) is 9.23. The van der Waals surface area contributed by atoms with E-state index >= 15 is 0 Å². The van der Waals surface area contributed by atoms with E-state index in [9.17, 15) is 4.79 Å². The van der Waals surface area contributed by atoms with Gasteiger partial charge in [0.15, 0.2) is 5.13 Å². The largest absolute Gasteiger partial charge is 0.327 e. The molecule has 0 fully saturated rings. The number of hydrogen-bond acceptors (Lipinski definition) is 5. The van der Waals surface area contributed by atoms with Crippen molar-refractivity contribution in [1.29, 1.82) is 0 Å². The van der Waals surface area contributed by atoms with Crippen LogP contribution in [0.3, 0.4) is 0 Å². The van der Waals surface area contributed by atoms with Crippen LogP contribution in [-0.2, 0) is 19.3 Å². The number of hydrogen-bond donors (Lipinski definition) is 1. The number of anilines is 1. The maximum Gasteiger partial charge on any atom is 0.323 e. The molecule has 0 saturated carbocycles. The van der Waals surface area contributed by atoms with E-state index in [1.165, 1.54) is 23.4 Å². The maximum absolute atomic E-state index is 12.3. The van der Waals surface area contributed by atoms with Gasteiger partial charge in [-0.3, -0.25) is 15.3 Å². The van der Waals surface area contributed by atoms with Crippen molar-refractivity contribution in [3.8, 4) is 0 Å². The van der Waals surface area contributed by atoms with Crippen LogP contribution in [-0.4, -0.2) is 39.5 Å². The Morgan fingerprint density at radius 1 is 1.46 bits per heavy atom. The molecule has 128 valence electrons. The van der Waals surface area contributed by atoms with E-state index in [4.69, 9.17) is 0 Å². The molecule has 0 aliphatic heterocycles. The summed E-state index contributed by atoms with van der Waals surface area (Å²) in [5, 5.41) is 3.64. The van der Waals surface area contributed by atoms with Gasteiger partial charge in [0, 0.05) is 43.5 Å². The minimum Gasteiger partial charge on any atom is -0.327 e. The molecule has 2 aromatic heterocycles. The van der Waals surface area contributed by atoms with Crippen LogP contribution in [0.1, 0.15) is 36.0 Å². The monoisotopic (exact) mass is 345 g/mol. The average Bonchev–Trinajstić information content (AvgIpc) is 3.01. The van der Waals surface area contributed by atoms with Crippen molar-refractivity contribution in [2.24, 2.45) is 5.92 Å². The highest BCUT2D eigenvalue weighted by Gasteiger charge is 2.22. The SMILES string of the molecule is CCC1CCc2nc(NC(=O)N(C)CCc3cnccn3)sc2C1. The van der Waals surface area contributed by atoms with E-state index in [0.29, 0.717) is 18.1 Å². The molecule has 1 aliphatic rings. The number of urea groups is 1. The highest BCUT2D eigenvalue weighted by atomic mass is 32.1. The topological polar surface area (TPSA) is 71.0 Å². The minimum absolute atomic E-state index is 0.128. The van der Waals surface area contributed by atoms with E-state index in [-0.39, 0.29) is 6.03 Å². The Hall–Kier alpha value is -2.02. The molecule has 1 N–H and O–H groups in total. The summed E-state index contributed by atoms with van der Waals surface area (Å²) in [6, 6.07) is -0.128. The fourth-order valence-electron chi connectivity index (χ4n) is 2.87. The fourth-order valence-corrected chi connectivity index (χ4v) is 3.99. The summed E-state index contributed by atoms with van der Waals surface area (Å²) < 4.78 is 0. The van der Waals surface area contributed by atoms with Crippen LogP contribution in [0.2, 0.25) is 0 Å². The van der Waals surface area contributed by atoms with Gasteiger partial charge in [0.2, 0.25) is 0 Å². The number of amides is 2. The standard InChI is InChI=1S/C17H23N5OS/c1-3-12-4-5-14-15(10-12)24-16(20-14)21-17(23)22(2)9-6-13-11-18-7-8-19-13/h7-8,11-12H,3-6,9-10H2,1-2H3,(H,20,21,23). The number of carbonyl (C=O) groups excluding carboxylic acids is 1. The Kier molecular flexibility index (Phi) is 5.40. The average molecular weight is 345 g/mol. The van der Waals surface area contributed by atoms with Crippen LogP contribution in [0.5, 0.6) is 0 Å². The zero-order chi connectivity index (χ0) is 16.9. The van der Waals surface area contributed by atoms with Gasteiger partial charge in [-0.25, -0.2) is 9.78 Å². The maximum atomic E-state index is 12.3. The summed E-state index contributed by atoms with van der Waals surface area (Å²) in [5.41, 5.74) is 2.05. The second-order valence-corrected chi connectivity index (χ2v) is 7.29. The summed E-state index contributed by atoms with van der Waals surface area (Å²) in [6.45, 7) is 2.83. The lowest BCUT2D eigenvalue weighted by molar-refractivity contribution is 0.223. The lowest BCUT2D eigenvalue weighted by atomic mass is 9.89. The number of nitrogens with zero attached hydrogens (tertiary/aromatic N) is 4. The smallest absolute Gasteiger partial charge is 0.323 e. The summed E-state index contributed by atoms with van der Waals surface area (Å²) in [4.78, 5) is 28.2. The summed E-state index contributed by atoms with van der Waals surface area (Å²) in [6.07, 6.45) is 10.3. The minimum atomic E-state index is -0.128. The van der Waals surface area contributed by atoms with Crippen LogP contribution in [0.25, 0.3) is 0 Å². The van der Waals surface area contributed by atoms with Crippen molar-refractivity contribution in [2.45, 2.75) is 39.0 Å². The first-order valence-electron chi connectivity index (χ1n) is 8.41. The predicted octanol–water partition coefficient (Wildman–Crippen LogP) is 3.15. The van der Waals surface area contributed by atoms with E-state index < -0.39 is 0 Å². The molecule has 0 saturated heterocycles. The molecule has 2 heterocycles. The zero-order valence-corrected chi connectivity index (χ0v) is 15.0. The van der Waals surface area contributed by atoms with Gasteiger partial charge in [-0.1, -0.05) is 13.3 Å². The van der Waals surface area contributed by atoms with Gasteiger partial charge in [0.05, 0.1) is 11.4 Å². The third kappa shape index (κ3) is 4.08. The summed E-state index contributed by atoms with van der Waals surface area (Å²) >= 11 is 1.62. The first-order chi connectivity index (χ1) is 11.7. The van der Waals surface area contributed by atoms with Gasteiger partial charge >= 0.3 is 6.03 Å². The number of carbonyl (C=O) groups is 1. The molecule has 2 aromatic rings. The molecule has 1 atom stereocenters. The molecule has 0 aromatic carbocycles. The number of fused-ring (bicyclic) bond motifs is 1. The number of aryl methyl sites for hydroxylation is 1. The van der Waals surface area contributed by atoms with Gasteiger partial charge in [0.25, 0.3) is 0 Å². The number of rotatable bonds is 5. The highest BCUT2D eigenvalue weighted by molar-refractivity contribution is 7.15. The Labute approximate surface area is 146 Å². The van der Waals surface area contributed by atoms with Gasteiger partial charge in [-0.15, -0.1) is 11.3 Å². The van der Waals surface area contributed by atoms with E-state index in [1.54, 1.807) is 41.9 Å². The van der Waals surface area contributed by atoms with Crippen molar-refractivity contribution in [3.63, 3.8) is 0 Å². The zero-order valence-electron chi connectivity index (χ0n) is 14.2. The van der Waals surface area contributed by atoms with Crippen molar-refractivity contribution in [3.05, 3.63) is 34.9 Å². The molecular formula is C17H23N5OS. The van der Waals surface area contributed by atoms with Crippen molar-refractivity contribution >= 4 is 22.5 Å². The molecule has 3 rings (SSSR count). The van der Waals surface area contributed by atoms with Crippen molar-refractivity contribution in [2.75, 3.05) is 18.9 Å². The Bertz CT molecular complexity index is 688. The molecule has 1 aliphatic carbocycles. The predicted molar refractivity (Wildman–Crippen MR) is 95.3 cm³/mol. The number of thiazole rings is 1. The number of nitrogens with one attached hydrogen (secondary N) is 1. The second kappa shape index (κ2) is 7.70. The lowest BCUT2D eigenvalue weighted by Gasteiger charge is -2.18. The van der Waals surface area contributed by atoms with E-state index in [1.807, 2.05) is 0 Å². The van der Waals surface area contributed by atoms with Crippen molar-refractivity contribution in [1.82, 2.24) is 19.9 Å². The molecule has 7 heteroatoms. The first kappa shape index (κ1) is 16.8. The molecule has 0 spiro atoms. The van der Waals surface area contributed by atoms with Crippen LogP contribution >= 0.6 is 11.3 Å². The Balaban J connectivity index is 1.54. The normalized spacial score (nSPS) is 16.5. The van der Waals surface area contributed by atoms with Gasteiger partial charge in [-0.2, -0.15) is 0 Å². The molecule has 1 unspecified atom stereocenters. The molecule has 6 nitrogen and oxygen atoms in total. The van der Waals surface area contributed by atoms with E-state index in [2.05, 4.69) is 27.2 Å². The quantitative estimate of drug-likeness (QED) is 0.903. The van der Waals surface area contributed by atoms with Crippen LogP contribution in [0.15, 0.2) is 18.6 Å². The third-order valence-electron chi connectivity index (χ3n) is 4.50. The fraction of sp³-hybridized carbons (Fsp3) is 0.529. The molecule has 24 heavy (non-hydrogen) atoms. The third-order valence-corrected chi connectivity index (χ3v) is 5.54. The lowest BCUT2D eigenvalue weighted by Crippen LogP contribution is -2.33. The molecule has 2 amide bonds. The van der Waals surface area contributed by atoms with Crippen LogP contribution < -0.4 is 5.32 Å². The molecule has 0 bridgehead atoms. The molecule has 0 radical (unpaired) electrons.